The Hall–Kier alpha value is -1.18. The Bertz CT molecular complexity index is 545. The quantitative estimate of drug-likeness (QED) is 0.804. The number of hydrogen-bond acceptors (Lipinski definition) is 4. The molecule has 1 aliphatic heterocycles. The lowest BCUT2D eigenvalue weighted by Gasteiger charge is -2.37. The molecule has 0 bridgehead atoms. The number of morpholine rings is 1. The zero-order valence-corrected chi connectivity index (χ0v) is 14.2. The van der Waals surface area contributed by atoms with Crippen molar-refractivity contribution >= 4 is 17.7 Å². The highest BCUT2D eigenvalue weighted by atomic mass is 32.2. The summed E-state index contributed by atoms with van der Waals surface area (Å²) >= 11 is 1.19. The van der Waals surface area contributed by atoms with Gasteiger partial charge in [-0.15, -0.1) is 11.8 Å². The van der Waals surface area contributed by atoms with Crippen LogP contribution in [0.15, 0.2) is 23.1 Å². The van der Waals surface area contributed by atoms with Crippen molar-refractivity contribution in [1.82, 2.24) is 10.2 Å². The molecular formula is C16H22F2N2O2S. The van der Waals surface area contributed by atoms with Crippen molar-refractivity contribution < 1.29 is 18.3 Å². The van der Waals surface area contributed by atoms with Gasteiger partial charge in [0.1, 0.15) is 0 Å². The minimum atomic E-state index is -0.898. The number of halogens is 2. The number of nitrogens with one attached hydrogen (secondary N) is 1. The molecule has 4 nitrogen and oxygen atoms in total. The van der Waals surface area contributed by atoms with E-state index in [4.69, 9.17) is 4.74 Å². The molecule has 1 heterocycles. The van der Waals surface area contributed by atoms with Crippen LogP contribution in [0.2, 0.25) is 0 Å². The average Bonchev–Trinajstić information content (AvgIpc) is 2.54. The first-order valence-electron chi connectivity index (χ1n) is 7.65. The van der Waals surface area contributed by atoms with Crippen LogP contribution in [0.5, 0.6) is 0 Å². The first-order chi connectivity index (χ1) is 11.0. The molecule has 0 spiro atoms. The van der Waals surface area contributed by atoms with Gasteiger partial charge in [0.25, 0.3) is 0 Å². The van der Waals surface area contributed by atoms with Gasteiger partial charge >= 0.3 is 0 Å². The lowest BCUT2D eigenvalue weighted by molar-refractivity contribution is -0.119. The lowest BCUT2D eigenvalue weighted by atomic mass is 10.2. The fraction of sp³-hybridized carbons (Fsp3) is 0.562. The summed E-state index contributed by atoms with van der Waals surface area (Å²) in [6.07, 6.45) is 0. The van der Waals surface area contributed by atoms with Gasteiger partial charge in [-0.1, -0.05) is 0 Å². The van der Waals surface area contributed by atoms with Gasteiger partial charge in [0.05, 0.1) is 19.0 Å². The summed E-state index contributed by atoms with van der Waals surface area (Å²) in [6.45, 7) is 7.03. The fourth-order valence-electron chi connectivity index (χ4n) is 2.54. The van der Waals surface area contributed by atoms with Gasteiger partial charge in [-0.05, 0) is 32.0 Å². The van der Waals surface area contributed by atoms with Crippen LogP contribution >= 0.6 is 11.8 Å². The zero-order valence-electron chi connectivity index (χ0n) is 13.4. The molecule has 1 amide bonds. The van der Waals surface area contributed by atoms with E-state index in [0.29, 0.717) is 30.7 Å². The molecule has 128 valence electrons. The highest BCUT2D eigenvalue weighted by Crippen LogP contribution is 2.20. The van der Waals surface area contributed by atoms with Gasteiger partial charge in [0, 0.05) is 30.1 Å². The van der Waals surface area contributed by atoms with E-state index in [-0.39, 0.29) is 17.7 Å². The van der Waals surface area contributed by atoms with E-state index in [1.807, 2.05) is 0 Å². The maximum absolute atomic E-state index is 13.1. The van der Waals surface area contributed by atoms with E-state index in [1.54, 1.807) is 0 Å². The Morgan fingerprint density at radius 3 is 2.96 bits per heavy atom. The largest absolute Gasteiger partial charge is 0.379 e. The first-order valence-corrected chi connectivity index (χ1v) is 8.64. The number of amides is 1. The van der Waals surface area contributed by atoms with Crippen LogP contribution in [0.4, 0.5) is 8.78 Å². The van der Waals surface area contributed by atoms with E-state index in [0.717, 1.165) is 18.7 Å². The molecule has 23 heavy (non-hydrogen) atoms. The van der Waals surface area contributed by atoms with Crippen LogP contribution in [0.25, 0.3) is 0 Å². The Labute approximate surface area is 139 Å². The van der Waals surface area contributed by atoms with Crippen LogP contribution in [0.1, 0.15) is 13.8 Å². The molecule has 1 aromatic carbocycles. The molecule has 2 unspecified atom stereocenters. The van der Waals surface area contributed by atoms with E-state index < -0.39 is 11.6 Å². The van der Waals surface area contributed by atoms with Crippen molar-refractivity contribution in [3.8, 4) is 0 Å². The predicted octanol–water partition coefficient (Wildman–Crippen LogP) is 2.28. The van der Waals surface area contributed by atoms with E-state index in [9.17, 15) is 13.6 Å². The molecule has 1 aromatic rings. The smallest absolute Gasteiger partial charge is 0.230 e. The summed E-state index contributed by atoms with van der Waals surface area (Å²) in [5.41, 5.74) is 0. The van der Waals surface area contributed by atoms with Gasteiger partial charge < -0.3 is 10.1 Å². The van der Waals surface area contributed by atoms with E-state index in [2.05, 4.69) is 24.1 Å². The second kappa shape index (κ2) is 8.61. The molecule has 2 rings (SSSR count). The maximum atomic E-state index is 13.1. The molecule has 1 fully saturated rings. The highest BCUT2D eigenvalue weighted by molar-refractivity contribution is 8.00. The van der Waals surface area contributed by atoms with Crippen molar-refractivity contribution in [2.75, 3.05) is 32.1 Å². The summed E-state index contributed by atoms with van der Waals surface area (Å²) in [7, 11) is 0. The topological polar surface area (TPSA) is 41.6 Å². The standard InChI is InChI=1S/C16H22F2N2O2S/c1-11(20-5-6-22-9-12(20)2)8-19-16(21)10-23-13-3-4-14(17)15(18)7-13/h3-4,7,11-12H,5-6,8-10H2,1-2H3,(H,19,21). The third-order valence-corrected chi connectivity index (χ3v) is 4.83. The summed E-state index contributed by atoms with van der Waals surface area (Å²) < 4.78 is 31.3. The minimum absolute atomic E-state index is 0.118. The van der Waals surface area contributed by atoms with Gasteiger partial charge in [-0.25, -0.2) is 8.78 Å². The maximum Gasteiger partial charge on any atom is 0.230 e. The Morgan fingerprint density at radius 2 is 2.26 bits per heavy atom. The summed E-state index contributed by atoms with van der Waals surface area (Å²) in [6, 6.07) is 4.20. The average molecular weight is 344 g/mol. The van der Waals surface area contributed by atoms with Crippen LogP contribution < -0.4 is 5.32 Å². The van der Waals surface area contributed by atoms with Crippen molar-refractivity contribution in [2.45, 2.75) is 30.8 Å². The van der Waals surface area contributed by atoms with Crippen molar-refractivity contribution in [1.29, 1.82) is 0 Å². The number of thioether (sulfide) groups is 1. The second-order valence-corrected chi connectivity index (χ2v) is 6.73. The van der Waals surface area contributed by atoms with E-state index >= 15 is 0 Å². The Balaban J connectivity index is 1.73. The molecule has 0 saturated carbocycles. The molecule has 7 heteroatoms. The van der Waals surface area contributed by atoms with Gasteiger partial charge in [0.2, 0.25) is 5.91 Å². The number of ether oxygens (including phenoxy) is 1. The number of carbonyl (C=O) groups is 1. The molecule has 1 aliphatic rings. The SMILES string of the molecule is CC(CNC(=O)CSc1ccc(F)c(F)c1)N1CCOCC1C. The van der Waals surface area contributed by atoms with Crippen molar-refractivity contribution in [2.24, 2.45) is 0 Å². The van der Waals surface area contributed by atoms with Crippen molar-refractivity contribution in [3.05, 3.63) is 29.8 Å². The minimum Gasteiger partial charge on any atom is -0.379 e. The summed E-state index contributed by atoms with van der Waals surface area (Å²) in [5, 5.41) is 2.89. The fourth-order valence-corrected chi connectivity index (χ4v) is 3.29. The van der Waals surface area contributed by atoms with Gasteiger partial charge in [0.15, 0.2) is 11.6 Å². The molecule has 2 atom stereocenters. The molecule has 1 N–H and O–H groups in total. The summed E-state index contributed by atoms with van der Waals surface area (Å²) in [4.78, 5) is 14.7. The lowest BCUT2D eigenvalue weighted by Crippen LogP contribution is -2.52. The van der Waals surface area contributed by atoms with Crippen LogP contribution in [-0.2, 0) is 9.53 Å². The van der Waals surface area contributed by atoms with Gasteiger partial charge in [-0.3, -0.25) is 9.69 Å². The molecule has 1 saturated heterocycles. The zero-order chi connectivity index (χ0) is 16.8. The predicted molar refractivity (Wildman–Crippen MR) is 86.5 cm³/mol. The third kappa shape index (κ3) is 5.44. The number of nitrogens with zero attached hydrogens (tertiary/aromatic N) is 1. The van der Waals surface area contributed by atoms with Gasteiger partial charge in [-0.2, -0.15) is 0 Å². The molecule has 0 radical (unpaired) electrons. The highest BCUT2D eigenvalue weighted by Gasteiger charge is 2.23. The number of benzene rings is 1. The third-order valence-electron chi connectivity index (χ3n) is 3.84. The van der Waals surface area contributed by atoms with Crippen LogP contribution in [0.3, 0.4) is 0 Å². The Kier molecular flexibility index (Phi) is 6.80. The number of hydrogen-bond donors (Lipinski definition) is 1. The second-order valence-electron chi connectivity index (χ2n) is 5.68. The van der Waals surface area contributed by atoms with Crippen molar-refractivity contribution in [3.63, 3.8) is 0 Å². The first kappa shape index (κ1) is 18.2. The molecule has 0 aliphatic carbocycles. The monoisotopic (exact) mass is 344 g/mol. The van der Waals surface area contributed by atoms with Crippen LogP contribution in [-0.4, -0.2) is 54.9 Å². The molecule has 0 aromatic heterocycles. The molecular weight excluding hydrogens is 322 g/mol. The normalized spacial score (nSPS) is 20.3. The number of carbonyl (C=O) groups excluding carboxylic acids is 1. The summed E-state index contributed by atoms with van der Waals surface area (Å²) in [5.74, 6) is -1.72. The Morgan fingerprint density at radius 1 is 1.48 bits per heavy atom. The van der Waals surface area contributed by atoms with Crippen LogP contribution in [0, 0.1) is 11.6 Å². The van der Waals surface area contributed by atoms with E-state index in [1.165, 1.54) is 17.8 Å². The number of rotatable bonds is 6.